The summed E-state index contributed by atoms with van der Waals surface area (Å²) >= 11 is 2.00. The van der Waals surface area contributed by atoms with Crippen LogP contribution >= 0.6 is 11.8 Å². The molecule has 0 saturated heterocycles. The van der Waals surface area contributed by atoms with E-state index in [1.54, 1.807) is 0 Å². The van der Waals surface area contributed by atoms with Gasteiger partial charge in [0.25, 0.3) is 0 Å². The Morgan fingerprint density at radius 3 is 2.93 bits per heavy atom. The SMILES string of the molecule is CCCSCCc1nc2ccccc2[nH]1. The van der Waals surface area contributed by atoms with Crippen molar-refractivity contribution in [1.82, 2.24) is 9.97 Å². The van der Waals surface area contributed by atoms with Crippen LogP contribution in [0.3, 0.4) is 0 Å². The summed E-state index contributed by atoms with van der Waals surface area (Å²) in [6.45, 7) is 2.22. The van der Waals surface area contributed by atoms with Crippen LogP contribution in [-0.2, 0) is 6.42 Å². The number of aromatic amines is 1. The predicted molar refractivity (Wildman–Crippen MR) is 67.4 cm³/mol. The van der Waals surface area contributed by atoms with Gasteiger partial charge in [0.2, 0.25) is 0 Å². The Hall–Kier alpha value is -0.960. The van der Waals surface area contributed by atoms with E-state index < -0.39 is 0 Å². The Bertz CT molecular complexity index is 389. The van der Waals surface area contributed by atoms with Gasteiger partial charge in [0.15, 0.2) is 0 Å². The van der Waals surface area contributed by atoms with Crippen LogP contribution in [0.4, 0.5) is 0 Å². The second-order valence-corrected chi connectivity index (χ2v) is 4.79. The Balaban J connectivity index is 1.97. The van der Waals surface area contributed by atoms with Gasteiger partial charge in [-0.05, 0) is 24.3 Å². The Kier molecular flexibility index (Phi) is 3.67. The van der Waals surface area contributed by atoms with Crippen molar-refractivity contribution in [3.8, 4) is 0 Å². The van der Waals surface area contributed by atoms with Crippen LogP contribution < -0.4 is 0 Å². The van der Waals surface area contributed by atoms with Crippen LogP contribution in [0.2, 0.25) is 0 Å². The van der Waals surface area contributed by atoms with E-state index in [0.29, 0.717) is 0 Å². The number of nitrogens with one attached hydrogen (secondary N) is 1. The lowest BCUT2D eigenvalue weighted by molar-refractivity contribution is 1.01. The van der Waals surface area contributed by atoms with Gasteiger partial charge in [0, 0.05) is 12.2 Å². The molecule has 0 atom stereocenters. The van der Waals surface area contributed by atoms with Crippen molar-refractivity contribution >= 4 is 22.8 Å². The summed E-state index contributed by atoms with van der Waals surface area (Å²) < 4.78 is 0. The highest BCUT2D eigenvalue weighted by Crippen LogP contribution is 2.12. The Morgan fingerprint density at radius 1 is 1.27 bits per heavy atom. The molecule has 3 heteroatoms. The molecule has 1 aromatic carbocycles. The normalized spacial score (nSPS) is 11.0. The molecule has 0 unspecified atom stereocenters. The molecular weight excluding hydrogens is 204 g/mol. The highest BCUT2D eigenvalue weighted by atomic mass is 32.2. The van der Waals surface area contributed by atoms with Crippen LogP contribution in [0.1, 0.15) is 19.2 Å². The standard InChI is InChI=1S/C12H16N2S/c1-2-8-15-9-7-12-13-10-5-3-4-6-11(10)14-12/h3-6H,2,7-9H2,1H3,(H,13,14). The number of imidazole rings is 1. The molecule has 1 aromatic heterocycles. The van der Waals surface area contributed by atoms with Crippen molar-refractivity contribution in [2.45, 2.75) is 19.8 Å². The van der Waals surface area contributed by atoms with Gasteiger partial charge < -0.3 is 4.98 Å². The fourth-order valence-electron chi connectivity index (χ4n) is 1.54. The van der Waals surface area contributed by atoms with Gasteiger partial charge in [-0.1, -0.05) is 19.1 Å². The molecule has 0 amide bonds. The van der Waals surface area contributed by atoms with E-state index >= 15 is 0 Å². The summed E-state index contributed by atoms with van der Waals surface area (Å²) in [5, 5.41) is 0. The van der Waals surface area contributed by atoms with Gasteiger partial charge >= 0.3 is 0 Å². The average molecular weight is 220 g/mol. The summed E-state index contributed by atoms with van der Waals surface area (Å²) in [6, 6.07) is 8.19. The average Bonchev–Trinajstić information content (AvgIpc) is 2.67. The van der Waals surface area contributed by atoms with Crippen LogP contribution in [-0.4, -0.2) is 21.5 Å². The number of hydrogen-bond acceptors (Lipinski definition) is 2. The van der Waals surface area contributed by atoms with Gasteiger partial charge in [-0.15, -0.1) is 0 Å². The molecule has 0 aliphatic carbocycles. The molecule has 0 spiro atoms. The molecule has 0 radical (unpaired) electrons. The largest absolute Gasteiger partial charge is 0.342 e. The molecule has 2 rings (SSSR count). The second-order valence-electron chi connectivity index (χ2n) is 3.56. The number of rotatable bonds is 5. The lowest BCUT2D eigenvalue weighted by atomic mass is 10.3. The fraction of sp³-hybridized carbons (Fsp3) is 0.417. The summed E-state index contributed by atoms with van der Waals surface area (Å²) in [6.07, 6.45) is 2.30. The van der Waals surface area contributed by atoms with Crippen molar-refractivity contribution in [2.24, 2.45) is 0 Å². The first-order chi connectivity index (χ1) is 7.40. The van der Waals surface area contributed by atoms with Crippen molar-refractivity contribution in [1.29, 1.82) is 0 Å². The van der Waals surface area contributed by atoms with E-state index in [1.165, 1.54) is 12.2 Å². The molecule has 0 fully saturated rings. The second kappa shape index (κ2) is 5.21. The number of hydrogen-bond donors (Lipinski definition) is 1. The highest BCUT2D eigenvalue weighted by Gasteiger charge is 2.00. The lowest BCUT2D eigenvalue weighted by Crippen LogP contribution is -1.91. The molecule has 0 saturated carbocycles. The lowest BCUT2D eigenvalue weighted by Gasteiger charge is -1.96. The topological polar surface area (TPSA) is 28.7 Å². The summed E-state index contributed by atoms with van der Waals surface area (Å²) in [5.41, 5.74) is 2.22. The van der Waals surface area contributed by atoms with Crippen molar-refractivity contribution in [3.05, 3.63) is 30.1 Å². The molecule has 1 N–H and O–H groups in total. The van der Waals surface area contributed by atoms with Gasteiger partial charge in [-0.3, -0.25) is 0 Å². The summed E-state index contributed by atoms with van der Waals surface area (Å²) in [4.78, 5) is 7.89. The first-order valence-electron chi connectivity index (χ1n) is 5.41. The minimum absolute atomic E-state index is 1.04. The maximum absolute atomic E-state index is 4.54. The monoisotopic (exact) mass is 220 g/mol. The number of fused-ring (bicyclic) bond motifs is 1. The third-order valence-corrected chi connectivity index (χ3v) is 3.46. The molecule has 0 aliphatic heterocycles. The van der Waals surface area contributed by atoms with E-state index in [9.17, 15) is 0 Å². The maximum atomic E-state index is 4.54. The van der Waals surface area contributed by atoms with E-state index in [-0.39, 0.29) is 0 Å². The molecule has 15 heavy (non-hydrogen) atoms. The zero-order chi connectivity index (χ0) is 10.5. The number of nitrogens with zero attached hydrogens (tertiary/aromatic N) is 1. The Morgan fingerprint density at radius 2 is 2.13 bits per heavy atom. The molecule has 2 aromatic rings. The third-order valence-electron chi connectivity index (χ3n) is 2.27. The molecule has 80 valence electrons. The molecular formula is C12H16N2S. The van der Waals surface area contributed by atoms with Crippen LogP contribution in [0.5, 0.6) is 0 Å². The first kappa shape index (κ1) is 10.6. The Labute approximate surface area is 94.5 Å². The smallest absolute Gasteiger partial charge is 0.108 e. The quantitative estimate of drug-likeness (QED) is 0.784. The van der Waals surface area contributed by atoms with Crippen LogP contribution in [0.25, 0.3) is 11.0 Å². The van der Waals surface area contributed by atoms with Crippen LogP contribution in [0.15, 0.2) is 24.3 Å². The van der Waals surface area contributed by atoms with E-state index in [0.717, 1.165) is 29.0 Å². The summed E-state index contributed by atoms with van der Waals surface area (Å²) in [5.74, 6) is 3.52. The third kappa shape index (κ3) is 2.75. The minimum Gasteiger partial charge on any atom is -0.342 e. The van der Waals surface area contributed by atoms with Crippen molar-refractivity contribution in [3.63, 3.8) is 0 Å². The zero-order valence-corrected chi connectivity index (χ0v) is 9.81. The first-order valence-corrected chi connectivity index (χ1v) is 6.57. The minimum atomic E-state index is 1.04. The van der Waals surface area contributed by atoms with Gasteiger partial charge in [0.05, 0.1) is 11.0 Å². The zero-order valence-electron chi connectivity index (χ0n) is 8.99. The van der Waals surface area contributed by atoms with Crippen molar-refractivity contribution < 1.29 is 0 Å². The maximum Gasteiger partial charge on any atom is 0.108 e. The predicted octanol–water partition coefficient (Wildman–Crippen LogP) is 3.25. The van der Waals surface area contributed by atoms with Gasteiger partial charge in [-0.25, -0.2) is 4.98 Å². The van der Waals surface area contributed by atoms with E-state index in [2.05, 4.69) is 29.0 Å². The van der Waals surface area contributed by atoms with Gasteiger partial charge in [-0.2, -0.15) is 11.8 Å². The molecule has 1 heterocycles. The molecule has 2 nitrogen and oxygen atoms in total. The molecule has 0 aliphatic rings. The number of thioether (sulfide) groups is 1. The van der Waals surface area contributed by atoms with Crippen LogP contribution in [0, 0.1) is 0 Å². The number of aryl methyl sites for hydroxylation is 1. The fourth-order valence-corrected chi connectivity index (χ4v) is 2.37. The van der Waals surface area contributed by atoms with E-state index in [1.807, 2.05) is 23.9 Å². The van der Waals surface area contributed by atoms with Crippen molar-refractivity contribution in [2.75, 3.05) is 11.5 Å². The summed E-state index contributed by atoms with van der Waals surface area (Å²) in [7, 11) is 0. The van der Waals surface area contributed by atoms with E-state index in [4.69, 9.17) is 0 Å². The number of benzene rings is 1. The number of aromatic nitrogens is 2. The number of para-hydroxylation sites is 2. The van der Waals surface area contributed by atoms with Gasteiger partial charge in [0.1, 0.15) is 5.82 Å². The highest BCUT2D eigenvalue weighted by molar-refractivity contribution is 7.99. The molecule has 0 bridgehead atoms. The number of H-pyrrole nitrogens is 1.